The maximum Gasteiger partial charge on any atom is 0.270 e. The van der Waals surface area contributed by atoms with E-state index >= 15 is 0 Å². The molecule has 0 aliphatic heterocycles. The third-order valence-electron chi connectivity index (χ3n) is 0.991. The third kappa shape index (κ3) is 6.10. The maximum atomic E-state index is 12.0. The summed E-state index contributed by atoms with van der Waals surface area (Å²) >= 11 is 4.88. The number of carbonyl (C=O) groups is 1. The van der Waals surface area contributed by atoms with Crippen LogP contribution < -0.4 is 5.32 Å². The Hall–Kier alpha value is -0.310. The van der Waals surface area contributed by atoms with Gasteiger partial charge in [-0.25, -0.2) is 4.39 Å². The highest BCUT2D eigenvalue weighted by molar-refractivity contribution is 6.29. The van der Waals surface area contributed by atoms with E-state index in [1.165, 1.54) is 0 Å². The zero-order valence-electron chi connectivity index (χ0n) is 6.95. The Morgan fingerprint density at radius 1 is 1.64 bits per heavy atom. The van der Waals surface area contributed by atoms with Crippen molar-refractivity contribution in [1.29, 1.82) is 0 Å². The van der Waals surface area contributed by atoms with E-state index in [1.54, 1.807) is 0 Å². The summed E-state index contributed by atoms with van der Waals surface area (Å²) in [4.78, 5) is 10.6. The fraction of sp³-hybridized carbons (Fsp3) is 0.857. The van der Waals surface area contributed by atoms with Crippen molar-refractivity contribution in [3.05, 3.63) is 0 Å². The van der Waals surface area contributed by atoms with Crippen LogP contribution in [0, 0.1) is 5.41 Å². The van der Waals surface area contributed by atoms with Crippen LogP contribution >= 0.6 is 11.6 Å². The number of nitrogens with one attached hydrogen (secondary N) is 1. The van der Waals surface area contributed by atoms with Gasteiger partial charge in [0.25, 0.3) is 11.5 Å². The molecular formula is C7H13ClFNO. The van der Waals surface area contributed by atoms with E-state index < -0.39 is 11.5 Å². The molecule has 1 atom stereocenters. The largest absolute Gasteiger partial charge is 0.352 e. The van der Waals surface area contributed by atoms with Gasteiger partial charge in [-0.2, -0.15) is 0 Å². The van der Waals surface area contributed by atoms with Crippen molar-refractivity contribution in [1.82, 2.24) is 5.32 Å². The molecule has 1 unspecified atom stereocenters. The predicted molar refractivity (Wildman–Crippen MR) is 43.2 cm³/mol. The minimum Gasteiger partial charge on any atom is -0.352 e. The van der Waals surface area contributed by atoms with Gasteiger partial charge in [0.05, 0.1) is 0 Å². The smallest absolute Gasteiger partial charge is 0.270 e. The van der Waals surface area contributed by atoms with Crippen LogP contribution in [-0.2, 0) is 4.79 Å². The Labute approximate surface area is 71.1 Å². The second-order valence-corrected chi connectivity index (χ2v) is 3.96. The first-order valence-corrected chi connectivity index (χ1v) is 3.82. The van der Waals surface area contributed by atoms with Gasteiger partial charge < -0.3 is 5.32 Å². The van der Waals surface area contributed by atoms with E-state index in [4.69, 9.17) is 11.6 Å². The molecule has 0 heterocycles. The molecule has 0 aliphatic carbocycles. The van der Waals surface area contributed by atoms with Crippen LogP contribution in [0.5, 0.6) is 0 Å². The molecule has 0 aromatic rings. The lowest BCUT2D eigenvalue weighted by Gasteiger charge is -2.18. The van der Waals surface area contributed by atoms with Crippen LogP contribution in [0.3, 0.4) is 0 Å². The first kappa shape index (κ1) is 10.7. The standard InChI is InChI=1S/C7H13ClFNO/c1-7(2,3)4-10-6(11)5(8)9/h5H,4H2,1-3H3,(H,10,11). The van der Waals surface area contributed by atoms with E-state index in [9.17, 15) is 9.18 Å². The lowest BCUT2D eigenvalue weighted by molar-refractivity contribution is -0.123. The minimum absolute atomic E-state index is 0.0402. The fourth-order valence-corrected chi connectivity index (χ4v) is 0.507. The third-order valence-corrected chi connectivity index (χ3v) is 1.19. The number of amides is 1. The number of hydrogen-bond acceptors (Lipinski definition) is 1. The lowest BCUT2D eigenvalue weighted by atomic mass is 9.97. The molecule has 0 saturated heterocycles. The SMILES string of the molecule is CC(C)(C)CNC(=O)C(F)Cl. The summed E-state index contributed by atoms with van der Waals surface area (Å²) in [6, 6.07) is 0. The van der Waals surface area contributed by atoms with Gasteiger partial charge in [-0.3, -0.25) is 4.79 Å². The van der Waals surface area contributed by atoms with Gasteiger partial charge in [0, 0.05) is 6.54 Å². The zero-order valence-corrected chi connectivity index (χ0v) is 7.70. The molecule has 0 saturated carbocycles. The highest BCUT2D eigenvalue weighted by atomic mass is 35.5. The van der Waals surface area contributed by atoms with Crippen molar-refractivity contribution >= 4 is 17.5 Å². The van der Waals surface area contributed by atoms with Crippen LogP contribution in [-0.4, -0.2) is 18.1 Å². The normalized spacial score (nSPS) is 14.3. The van der Waals surface area contributed by atoms with E-state index in [0.29, 0.717) is 6.54 Å². The van der Waals surface area contributed by atoms with Crippen molar-refractivity contribution < 1.29 is 9.18 Å². The van der Waals surface area contributed by atoms with Gasteiger partial charge in [-0.1, -0.05) is 32.4 Å². The molecule has 0 spiro atoms. The van der Waals surface area contributed by atoms with E-state index in [0.717, 1.165) is 0 Å². The topological polar surface area (TPSA) is 29.1 Å². The first-order valence-electron chi connectivity index (χ1n) is 3.39. The number of hydrogen-bond donors (Lipinski definition) is 1. The Bertz CT molecular complexity index is 142. The molecule has 2 nitrogen and oxygen atoms in total. The maximum absolute atomic E-state index is 12.0. The molecule has 0 aromatic heterocycles. The minimum atomic E-state index is -1.93. The highest BCUT2D eigenvalue weighted by Crippen LogP contribution is 2.10. The van der Waals surface area contributed by atoms with Crippen molar-refractivity contribution in [2.45, 2.75) is 26.4 Å². The van der Waals surface area contributed by atoms with E-state index in [2.05, 4.69) is 5.32 Å². The molecule has 0 radical (unpaired) electrons. The molecule has 0 bridgehead atoms. The van der Waals surface area contributed by atoms with Crippen molar-refractivity contribution in [2.24, 2.45) is 5.41 Å². The van der Waals surface area contributed by atoms with Crippen LogP contribution in [0.1, 0.15) is 20.8 Å². The fourth-order valence-electron chi connectivity index (χ4n) is 0.429. The zero-order chi connectivity index (χ0) is 9.07. The molecule has 4 heteroatoms. The van der Waals surface area contributed by atoms with Crippen LogP contribution in [0.25, 0.3) is 0 Å². The highest BCUT2D eigenvalue weighted by Gasteiger charge is 2.16. The summed E-state index contributed by atoms with van der Waals surface area (Å²) in [6.45, 7) is 6.25. The molecule has 0 aromatic carbocycles. The van der Waals surface area contributed by atoms with Crippen molar-refractivity contribution in [2.75, 3.05) is 6.54 Å². The van der Waals surface area contributed by atoms with Gasteiger partial charge in [0.1, 0.15) is 0 Å². The van der Waals surface area contributed by atoms with Gasteiger partial charge in [0.2, 0.25) is 0 Å². The summed E-state index contributed by atoms with van der Waals surface area (Å²) in [5, 5.41) is 2.38. The average Bonchev–Trinajstić information content (AvgIpc) is 1.80. The number of alkyl halides is 2. The number of carbonyl (C=O) groups excluding carboxylic acids is 1. The number of rotatable bonds is 2. The quantitative estimate of drug-likeness (QED) is 0.646. The molecule has 66 valence electrons. The molecule has 0 rings (SSSR count). The molecule has 0 fully saturated rings. The monoisotopic (exact) mass is 181 g/mol. The summed E-state index contributed by atoms with van der Waals surface area (Å²) in [5.74, 6) is -0.762. The Balaban J connectivity index is 3.64. The van der Waals surface area contributed by atoms with Crippen LogP contribution in [0.2, 0.25) is 0 Å². The summed E-state index contributed by atoms with van der Waals surface area (Å²) in [7, 11) is 0. The molecular weight excluding hydrogens is 169 g/mol. The molecule has 1 N–H and O–H groups in total. The van der Waals surface area contributed by atoms with Crippen LogP contribution in [0.4, 0.5) is 4.39 Å². The molecule has 11 heavy (non-hydrogen) atoms. The van der Waals surface area contributed by atoms with Crippen molar-refractivity contribution in [3.63, 3.8) is 0 Å². The van der Waals surface area contributed by atoms with E-state index in [-0.39, 0.29) is 5.41 Å². The number of halogens is 2. The van der Waals surface area contributed by atoms with Gasteiger partial charge in [-0.05, 0) is 5.41 Å². The average molecular weight is 182 g/mol. The molecule has 0 aliphatic rings. The van der Waals surface area contributed by atoms with Gasteiger partial charge in [-0.15, -0.1) is 0 Å². The Morgan fingerprint density at radius 3 is 2.36 bits per heavy atom. The predicted octanol–water partition coefficient (Wildman–Crippen LogP) is 1.68. The summed E-state index contributed by atoms with van der Waals surface area (Å²) < 4.78 is 12.0. The summed E-state index contributed by atoms with van der Waals surface area (Å²) in [5.41, 5.74) is -1.97. The first-order chi connectivity index (χ1) is 4.83. The van der Waals surface area contributed by atoms with Crippen molar-refractivity contribution in [3.8, 4) is 0 Å². The Kier molecular flexibility index (Phi) is 3.79. The lowest BCUT2D eigenvalue weighted by Crippen LogP contribution is -2.35. The van der Waals surface area contributed by atoms with Crippen LogP contribution in [0.15, 0.2) is 0 Å². The van der Waals surface area contributed by atoms with Gasteiger partial charge >= 0.3 is 0 Å². The Morgan fingerprint density at radius 2 is 2.09 bits per heavy atom. The summed E-state index contributed by atoms with van der Waals surface area (Å²) in [6.07, 6.45) is 0. The van der Waals surface area contributed by atoms with E-state index in [1.807, 2.05) is 20.8 Å². The second kappa shape index (κ2) is 3.90. The van der Waals surface area contributed by atoms with Gasteiger partial charge in [0.15, 0.2) is 0 Å². The molecule has 1 amide bonds. The second-order valence-electron chi connectivity index (χ2n) is 3.58.